The van der Waals surface area contributed by atoms with Gasteiger partial charge in [-0.1, -0.05) is 11.6 Å². The molecule has 0 aliphatic rings. The van der Waals surface area contributed by atoms with Crippen molar-refractivity contribution in [3.05, 3.63) is 88.7 Å². The molecule has 210 valence electrons. The van der Waals surface area contributed by atoms with Crippen molar-refractivity contribution in [3.8, 4) is 11.4 Å². The Balaban J connectivity index is 1.24. The van der Waals surface area contributed by atoms with E-state index in [9.17, 15) is 18.0 Å². The van der Waals surface area contributed by atoms with Gasteiger partial charge >= 0.3 is 12.2 Å². The normalized spacial score (nSPS) is 11.3. The number of anilines is 6. The predicted molar refractivity (Wildman–Crippen MR) is 152 cm³/mol. The van der Waals surface area contributed by atoms with Crippen LogP contribution in [0.2, 0.25) is 5.02 Å². The number of rotatable bonds is 7. The lowest BCUT2D eigenvalue weighted by atomic mass is 10.1. The molecule has 0 unspecified atom stereocenters. The van der Waals surface area contributed by atoms with Gasteiger partial charge in [-0.3, -0.25) is 5.10 Å². The third-order valence-electron chi connectivity index (χ3n) is 5.83. The average molecular weight is 582 g/mol. The Kier molecular flexibility index (Phi) is 7.53. The van der Waals surface area contributed by atoms with Gasteiger partial charge in [0, 0.05) is 41.1 Å². The van der Waals surface area contributed by atoms with E-state index in [4.69, 9.17) is 11.6 Å². The van der Waals surface area contributed by atoms with E-state index in [0.29, 0.717) is 29.0 Å². The summed E-state index contributed by atoms with van der Waals surface area (Å²) >= 11 is 5.64. The maximum Gasteiger partial charge on any atom is 0.417 e. The molecule has 3 aromatic heterocycles. The molecule has 0 fully saturated rings. The van der Waals surface area contributed by atoms with E-state index < -0.39 is 22.8 Å². The summed E-state index contributed by atoms with van der Waals surface area (Å²) in [7, 11) is 0. The Morgan fingerprint density at radius 1 is 0.927 bits per heavy atom. The van der Waals surface area contributed by atoms with Crippen LogP contribution in [-0.2, 0) is 6.18 Å². The maximum atomic E-state index is 13.1. The van der Waals surface area contributed by atoms with Crippen LogP contribution in [0.15, 0.2) is 66.9 Å². The molecule has 2 amide bonds. The second kappa shape index (κ2) is 11.2. The van der Waals surface area contributed by atoms with Crippen molar-refractivity contribution in [2.24, 2.45) is 0 Å². The van der Waals surface area contributed by atoms with Crippen LogP contribution in [0.4, 0.5) is 52.6 Å². The van der Waals surface area contributed by atoms with Gasteiger partial charge in [-0.05, 0) is 67.9 Å². The number of carbonyl (C=O) groups is 1. The third kappa shape index (κ3) is 6.76. The average Bonchev–Trinajstić information content (AvgIpc) is 3.58. The minimum absolute atomic E-state index is 0.0501. The number of aryl methyl sites for hydroxylation is 2. The summed E-state index contributed by atoms with van der Waals surface area (Å²) in [6, 6.07) is 14.9. The highest BCUT2D eigenvalue weighted by Crippen LogP contribution is 2.36. The molecule has 10 nitrogen and oxygen atoms in total. The van der Waals surface area contributed by atoms with Gasteiger partial charge in [-0.15, -0.1) is 0 Å². The molecule has 0 atom stereocenters. The van der Waals surface area contributed by atoms with Gasteiger partial charge in [-0.25, -0.2) is 9.78 Å². The Morgan fingerprint density at radius 2 is 1.68 bits per heavy atom. The zero-order chi connectivity index (χ0) is 29.1. The zero-order valence-corrected chi connectivity index (χ0v) is 22.4. The molecule has 6 N–H and O–H groups in total. The van der Waals surface area contributed by atoms with E-state index in [2.05, 4.69) is 46.4 Å². The highest BCUT2D eigenvalue weighted by molar-refractivity contribution is 6.31. The smallest absolute Gasteiger partial charge is 0.360 e. The molecule has 0 saturated carbocycles. The van der Waals surface area contributed by atoms with Gasteiger partial charge in [0.15, 0.2) is 0 Å². The van der Waals surface area contributed by atoms with Crippen LogP contribution >= 0.6 is 11.6 Å². The first kappa shape index (κ1) is 27.5. The van der Waals surface area contributed by atoms with Crippen LogP contribution in [0.1, 0.15) is 16.8 Å². The molecular weight excluding hydrogens is 559 g/mol. The van der Waals surface area contributed by atoms with E-state index in [1.807, 2.05) is 38.2 Å². The van der Waals surface area contributed by atoms with E-state index in [-0.39, 0.29) is 5.69 Å². The first-order valence-electron chi connectivity index (χ1n) is 12.2. The van der Waals surface area contributed by atoms with Crippen LogP contribution in [0, 0.1) is 13.8 Å². The van der Waals surface area contributed by atoms with Gasteiger partial charge in [0.1, 0.15) is 17.3 Å². The summed E-state index contributed by atoms with van der Waals surface area (Å²) in [5, 5.41) is 18.1. The minimum atomic E-state index is -4.64. The standard InChI is InChI=1S/C27H23ClF3N9O/c1-14-10-16(34-26(41)35-17-5-7-19(28)18(12-17)27(29,30)31)6-8-20(14)36-25-33-15(2)11-23(38-25)37-24-13-22(39-40-24)21-4-3-9-32-21/h3-13,32H,1-2H3,(H2,34,35,41)(H3,33,36,37,38,39,40). The first-order valence-corrected chi connectivity index (χ1v) is 12.6. The van der Waals surface area contributed by atoms with E-state index in [0.717, 1.165) is 34.8 Å². The second-order valence-corrected chi connectivity index (χ2v) is 9.43. The summed E-state index contributed by atoms with van der Waals surface area (Å²) in [6.45, 7) is 3.66. The molecule has 41 heavy (non-hydrogen) atoms. The molecular formula is C27H23ClF3N9O. The molecule has 0 bridgehead atoms. The molecule has 0 saturated heterocycles. The lowest BCUT2D eigenvalue weighted by Crippen LogP contribution is -2.20. The Morgan fingerprint density at radius 3 is 2.39 bits per heavy atom. The molecule has 0 aliphatic carbocycles. The monoisotopic (exact) mass is 581 g/mol. The number of benzene rings is 2. The number of aromatic nitrogens is 5. The van der Waals surface area contributed by atoms with Gasteiger partial charge in [0.25, 0.3) is 0 Å². The SMILES string of the molecule is Cc1cc(Nc2cc(-c3ccc[nH]3)n[nH]2)nc(Nc2ccc(NC(=O)Nc3ccc(Cl)c(C(F)(F)F)c3)cc2C)n1. The lowest BCUT2D eigenvalue weighted by molar-refractivity contribution is -0.137. The zero-order valence-electron chi connectivity index (χ0n) is 21.6. The van der Waals surface area contributed by atoms with Crippen molar-refractivity contribution >= 4 is 52.3 Å². The number of H-pyrrole nitrogens is 2. The van der Waals surface area contributed by atoms with Crippen molar-refractivity contribution in [2.45, 2.75) is 20.0 Å². The quantitative estimate of drug-likeness (QED) is 0.117. The van der Waals surface area contributed by atoms with E-state index >= 15 is 0 Å². The number of hydrogen-bond donors (Lipinski definition) is 6. The van der Waals surface area contributed by atoms with E-state index in [1.165, 1.54) is 6.07 Å². The molecule has 14 heteroatoms. The number of carbonyl (C=O) groups excluding carboxylic acids is 1. The predicted octanol–water partition coefficient (Wildman–Crippen LogP) is 7.62. The fraction of sp³-hybridized carbons (Fsp3) is 0.111. The molecule has 0 spiro atoms. The van der Waals surface area contributed by atoms with Crippen LogP contribution in [0.3, 0.4) is 0 Å². The topological polar surface area (TPSA) is 135 Å². The molecule has 5 aromatic rings. The van der Waals surface area contributed by atoms with Gasteiger partial charge in [-0.2, -0.15) is 23.3 Å². The van der Waals surface area contributed by atoms with Crippen LogP contribution < -0.4 is 21.3 Å². The van der Waals surface area contributed by atoms with Crippen molar-refractivity contribution in [3.63, 3.8) is 0 Å². The Hall–Kier alpha value is -5.04. The second-order valence-electron chi connectivity index (χ2n) is 9.02. The molecule has 2 aromatic carbocycles. The van der Waals surface area contributed by atoms with Crippen molar-refractivity contribution in [2.75, 3.05) is 21.3 Å². The fourth-order valence-corrected chi connectivity index (χ4v) is 4.18. The van der Waals surface area contributed by atoms with Crippen molar-refractivity contribution < 1.29 is 18.0 Å². The van der Waals surface area contributed by atoms with Gasteiger partial charge < -0.3 is 26.3 Å². The van der Waals surface area contributed by atoms with Crippen molar-refractivity contribution in [1.82, 2.24) is 25.1 Å². The summed E-state index contributed by atoms with van der Waals surface area (Å²) in [5.41, 5.74) is 3.14. The number of aromatic amines is 2. The highest BCUT2D eigenvalue weighted by Gasteiger charge is 2.33. The fourth-order valence-electron chi connectivity index (χ4n) is 3.96. The molecule has 0 aliphatic heterocycles. The number of alkyl halides is 3. The van der Waals surface area contributed by atoms with Gasteiger partial charge in [0.05, 0.1) is 16.3 Å². The largest absolute Gasteiger partial charge is 0.417 e. The van der Waals surface area contributed by atoms with Crippen LogP contribution in [0.5, 0.6) is 0 Å². The molecule has 5 rings (SSSR count). The maximum absolute atomic E-state index is 13.1. The third-order valence-corrected chi connectivity index (χ3v) is 6.16. The summed E-state index contributed by atoms with van der Waals surface area (Å²) < 4.78 is 39.3. The summed E-state index contributed by atoms with van der Waals surface area (Å²) in [5.74, 6) is 1.54. The highest BCUT2D eigenvalue weighted by atomic mass is 35.5. The first-order chi connectivity index (χ1) is 19.5. The van der Waals surface area contributed by atoms with E-state index in [1.54, 1.807) is 24.3 Å². The number of nitrogens with zero attached hydrogens (tertiary/aromatic N) is 3. The Labute approximate surface area is 236 Å². The molecule has 0 radical (unpaired) electrons. The molecule has 3 heterocycles. The number of amides is 2. The number of hydrogen-bond acceptors (Lipinski definition) is 6. The van der Waals surface area contributed by atoms with Gasteiger partial charge in [0.2, 0.25) is 5.95 Å². The number of urea groups is 1. The number of halogens is 4. The van der Waals surface area contributed by atoms with Crippen LogP contribution in [-0.4, -0.2) is 31.2 Å². The minimum Gasteiger partial charge on any atom is -0.360 e. The Bertz CT molecular complexity index is 1700. The number of nitrogens with one attached hydrogen (secondary N) is 6. The van der Waals surface area contributed by atoms with Crippen molar-refractivity contribution in [1.29, 1.82) is 0 Å². The lowest BCUT2D eigenvalue weighted by Gasteiger charge is -2.14. The summed E-state index contributed by atoms with van der Waals surface area (Å²) in [6.07, 6.45) is -2.83. The summed E-state index contributed by atoms with van der Waals surface area (Å²) in [4.78, 5) is 24.5. The van der Waals surface area contributed by atoms with Crippen LogP contribution in [0.25, 0.3) is 11.4 Å².